The molecule has 4 aromatic rings. The van der Waals surface area contributed by atoms with E-state index in [9.17, 15) is 14.4 Å². The highest BCUT2D eigenvalue weighted by atomic mass is 16.5. The van der Waals surface area contributed by atoms with Gasteiger partial charge in [-0.3, -0.25) is 0 Å². The van der Waals surface area contributed by atoms with E-state index in [1.54, 1.807) is 60.7 Å². The quantitative estimate of drug-likeness (QED) is 0.0703. The molecule has 12 heteroatoms. The molecule has 3 N–H and O–H groups in total. The number of amides is 2. The summed E-state index contributed by atoms with van der Waals surface area (Å²) in [5.74, 6) is 0.303. The molecule has 2 unspecified atom stereocenters. The van der Waals surface area contributed by atoms with Gasteiger partial charge < -0.3 is 25.4 Å². The number of hydrogen-bond donors (Lipinski definition) is 3. The summed E-state index contributed by atoms with van der Waals surface area (Å²) in [5.41, 5.74) is 2.63. The Morgan fingerprint density at radius 3 is 1.49 bits per heavy atom. The lowest BCUT2D eigenvalue weighted by molar-refractivity contribution is 0.0419. The number of anilines is 6. The first-order valence-electron chi connectivity index (χ1n) is 19.6. The molecule has 0 aliphatic carbocycles. The molecular weight excluding hydrogens is 695 g/mol. The van der Waals surface area contributed by atoms with Gasteiger partial charge in [-0.1, -0.05) is 84.4 Å². The molecule has 0 aliphatic heterocycles. The fourth-order valence-electron chi connectivity index (χ4n) is 5.78. The first-order valence-corrected chi connectivity index (χ1v) is 19.6. The van der Waals surface area contributed by atoms with Crippen molar-refractivity contribution in [2.75, 3.05) is 28.7 Å². The number of nitrogens with zero attached hydrogens (tertiary/aromatic N) is 4. The average Bonchev–Trinajstić information content (AvgIpc) is 3.18. The number of unbranched alkanes of at least 4 members (excludes halogenated alkanes) is 2. The number of benzene rings is 3. The zero-order valence-corrected chi connectivity index (χ0v) is 33.1. The number of para-hydroxylation sites is 1. The van der Waals surface area contributed by atoms with Crippen LogP contribution in [-0.4, -0.2) is 52.2 Å². The molecule has 0 bridgehead atoms. The molecular formula is C43H57N7O5. The topological polar surface area (TPSA) is 148 Å². The maximum Gasteiger partial charge on any atom is 0.338 e. The van der Waals surface area contributed by atoms with Gasteiger partial charge in [0.15, 0.2) is 0 Å². The fraction of sp³-hybridized carbons (Fsp3) is 0.442. The van der Waals surface area contributed by atoms with E-state index in [-0.39, 0.29) is 35.8 Å². The lowest BCUT2D eigenvalue weighted by Crippen LogP contribution is -2.41. The Hall–Kier alpha value is -5.52. The third-order valence-corrected chi connectivity index (χ3v) is 9.19. The van der Waals surface area contributed by atoms with Crippen LogP contribution in [0.4, 0.5) is 39.7 Å². The minimum atomic E-state index is -0.421. The van der Waals surface area contributed by atoms with Crippen LogP contribution in [0.15, 0.2) is 78.9 Å². The zero-order valence-electron chi connectivity index (χ0n) is 33.1. The number of carbonyl (C=O) groups excluding carboxylic acids is 3. The molecule has 0 spiro atoms. The van der Waals surface area contributed by atoms with Gasteiger partial charge in [0.1, 0.15) is 0 Å². The van der Waals surface area contributed by atoms with Crippen LogP contribution in [-0.2, 0) is 9.47 Å². The highest BCUT2D eigenvalue weighted by Gasteiger charge is 2.24. The summed E-state index contributed by atoms with van der Waals surface area (Å²) in [6, 6.07) is 22.2. The Labute approximate surface area is 325 Å². The summed E-state index contributed by atoms with van der Waals surface area (Å²) in [6.45, 7) is 13.1. The number of rotatable bonds is 21. The number of ether oxygens (including phenoxy) is 2. The molecule has 0 aliphatic rings. The minimum absolute atomic E-state index is 0.0619. The van der Waals surface area contributed by atoms with Crippen LogP contribution in [0.5, 0.6) is 0 Å². The van der Waals surface area contributed by atoms with E-state index in [1.807, 2.05) is 32.0 Å². The van der Waals surface area contributed by atoms with Gasteiger partial charge >= 0.3 is 18.0 Å². The minimum Gasteiger partial charge on any atom is -0.462 e. The smallest absolute Gasteiger partial charge is 0.338 e. The van der Waals surface area contributed by atoms with E-state index in [0.29, 0.717) is 53.2 Å². The summed E-state index contributed by atoms with van der Waals surface area (Å²) in [6.07, 6.45) is 8.43. The van der Waals surface area contributed by atoms with E-state index in [0.717, 1.165) is 51.4 Å². The van der Waals surface area contributed by atoms with Crippen molar-refractivity contribution in [1.82, 2.24) is 20.3 Å². The van der Waals surface area contributed by atoms with Crippen LogP contribution in [0.1, 0.15) is 114 Å². The van der Waals surface area contributed by atoms with Gasteiger partial charge in [0, 0.05) is 17.4 Å². The SMILES string of the molecule is CCCCC(CC)COC(=O)c1ccc(Nc2nc(Nc3ccc(C(=O)OCC(CC)CCCC)cc3)nc(N(C(=O)NC(C)C)c3ccccc3)n2)cc1. The molecule has 1 heterocycles. The predicted octanol–water partition coefficient (Wildman–Crippen LogP) is 10.4. The fourth-order valence-corrected chi connectivity index (χ4v) is 5.78. The normalized spacial score (nSPS) is 12.1. The summed E-state index contributed by atoms with van der Waals surface area (Å²) < 4.78 is 11.3. The highest BCUT2D eigenvalue weighted by molar-refractivity contribution is 5.98. The van der Waals surface area contributed by atoms with E-state index in [1.165, 1.54) is 4.90 Å². The molecule has 0 saturated heterocycles. The largest absolute Gasteiger partial charge is 0.462 e. The van der Waals surface area contributed by atoms with Gasteiger partial charge in [-0.2, -0.15) is 15.0 Å². The molecule has 55 heavy (non-hydrogen) atoms. The number of hydrogen-bond acceptors (Lipinski definition) is 10. The molecule has 3 aromatic carbocycles. The van der Waals surface area contributed by atoms with Crippen molar-refractivity contribution in [3.05, 3.63) is 90.0 Å². The van der Waals surface area contributed by atoms with Crippen LogP contribution >= 0.6 is 0 Å². The number of esters is 2. The zero-order chi connectivity index (χ0) is 39.6. The highest BCUT2D eigenvalue weighted by Crippen LogP contribution is 2.27. The maximum atomic E-state index is 13.6. The van der Waals surface area contributed by atoms with Crippen LogP contribution in [0.2, 0.25) is 0 Å². The molecule has 4 rings (SSSR count). The van der Waals surface area contributed by atoms with Crippen molar-refractivity contribution in [3.63, 3.8) is 0 Å². The van der Waals surface area contributed by atoms with E-state index < -0.39 is 6.03 Å². The number of carbonyl (C=O) groups is 3. The maximum absolute atomic E-state index is 13.6. The Balaban J connectivity index is 1.58. The van der Waals surface area contributed by atoms with Crippen molar-refractivity contribution in [2.24, 2.45) is 11.8 Å². The predicted molar refractivity (Wildman–Crippen MR) is 219 cm³/mol. The van der Waals surface area contributed by atoms with Crippen molar-refractivity contribution in [1.29, 1.82) is 0 Å². The average molecular weight is 752 g/mol. The molecule has 0 radical (unpaired) electrons. The number of aromatic nitrogens is 3. The summed E-state index contributed by atoms with van der Waals surface area (Å²) in [4.78, 5) is 54.6. The van der Waals surface area contributed by atoms with Crippen molar-refractivity contribution in [3.8, 4) is 0 Å². The second kappa shape index (κ2) is 22.0. The third kappa shape index (κ3) is 13.4. The summed E-state index contributed by atoms with van der Waals surface area (Å²) in [5, 5.41) is 9.32. The molecule has 12 nitrogen and oxygen atoms in total. The molecule has 0 fully saturated rings. The summed E-state index contributed by atoms with van der Waals surface area (Å²) >= 11 is 0. The van der Waals surface area contributed by atoms with Crippen LogP contribution in [0.25, 0.3) is 0 Å². The van der Waals surface area contributed by atoms with Gasteiger partial charge in [-0.25, -0.2) is 19.3 Å². The summed E-state index contributed by atoms with van der Waals surface area (Å²) in [7, 11) is 0. The Morgan fingerprint density at radius 2 is 1.09 bits per heavy atom. The lowest BCUT2D eigenvalue weighted by atomic mass is 10.0. The van der Waals surface area contributed by atoms with Gasteiger partial charge in [-0.05, 0) is 99.2 Å². The monoisotopic (exact) mass is 751 g/mol. The van der Waals surface area contributed by atoms with Crippen LogP contribution in [0, 0.1) is 11.8 Å². The van der Waals surface area contributed by atoms with E-state index in [2.05, 4.69) is 58.6 Å². The molecule has 294 valence electrons. The number of nitrogens with one attached hydrogen (secondary N) is 3. The molecule has 0 saturated carbocycles. The standard InChI is InChI=1S/C43H57N7O5/c1-7-11-16-31(9-3)28-54-38(51)33-20-24-35(25-21-33)45-40-47-41(49-42(48-40)50(43(53)44-30(5)6)37-18-14-13-15-19-37)46-36-26-22-34(23-27-36)39(52)55-29-32(10-4)17-12-8-2/h13-15,18-27,30-32H,7-12,16-17,28-29H2,1-6H3,(H,44,53)(H2,45,46,47,48,49). The first kappa shape index (κ1) is 42.2. The van der Waals surface area contributed by atoms with Gasteiger partial charge in [0.05, 0.1) is 30.0 Å². The lowest BCUT2D eigenvalue weighted by Gasteiger charge is -2.23. The van der Waals surface area contributed by atoms with Crippen molar-refractivity contribution < 1.29 is 23.9 Å². The molecule has 2 amide bonds. The second-order valence-electron chi connectivity index (χ2n) is 14.0. The second-order valence-corrected chi connectivity index (χ2v) is 14.0. The molecule has 2 atom stereocenters. The van der Waals surface area contributed by atoms with Crippen molar-refractivity contribution in [2.45, 2.75) is 99.0 Å². The van der Waals surface area contributed by atoms with Crippen molar-refractivity contribution >= 4 is 52.9 Å². The van der Waals surface area contributed by atoms with Crippen LogP contribution in [0.3, 0.4) is 0 Å². The third-order valence-electron chi connectivity index (χ3n) is 9.19. The van der Waals surface area contributed by atoms with Gasteiger partial charge in [0.25, 0.3) is 0 Å². The van der Waals surface area contributed by atoms with Gasteiger partial charge in [-0.15, -0.1) is 0 Å². The van der Waals surface area contributed by atoms with Gasteiger partial charge in [0.2, 0.25) is 17.8 Å². The Kier molecular flexibility index (Phi) is 16.9. The number of urea groups is 1. The molecule has 1 aromatic heterocycles. The van der Waals surface area contributed by atoms with E-state index in [4.69, 9.17) is 9.47 Å². The Bertz CT molecular complexity index is 1690. The first-order chi connectivity index (χ1) is 26.6. The van der Waals surface area contributed by atoms with Crippen LogP contribution < -0.4 is 20.9 Å². The van der Waals surface area contributed by atoms with E-state index >= 15 is 0 Å². The Morgan fingerprint density at radius 1 is 0.636 bits per heavy atom.